The topological polar surface area (TPSA) is 106 Å². The van der Waals surface area contributed by atoms with Crippen LogP contribution in [0.15, 0.2) is 36.5 Å². The Balaban J connectivity index is 1.26. The molecule has 1 heterocycles. The molecule has 1 aromatic carbocycles. The van der Waals surface area contributed by atoms with Crippen molar-refractivity contribution < 1.29 is 14.5 Å². The van der Waals surface area contributed by atoms with E-state index in [-0.39, 0.29) is 22.5 Å². The Morgan fingerprint density at radius 3 is 2.35 bits per heavy atom. The summed E-state index contributed by atoms with van der Waals surface area (Å²) in [7, 11) is 1.35. The number of carbonyl (C=O) groups excluding carboxylic acids is 1. The zero-order chi connectivity index (χ0) is 21.6. The number of ether oxygens (including phenoxy) is 1. The Morgan fingerprint density at radius 1 is 1.13 bits per heavy atom. The van der Waals surface area contributed by atoms with E-state index in [1.807, 2.05) is 12.1 Å². The number of methoxy groups -OCH3 is 1. The van der Waals surface area contributed by atoms with Crippen molar-refractivity contribution in [2.24, 2.45) is 17.8 Å². The smallest absolute Gasteiger partial charge is 0.311 e. The summed E-state index contributed by atoms with van der Waals surface area (Å²) in [6.07, 6.45) is 9.49. The van der Waals surface area contributed by atoms with E-state index in [1.54, 1.807) is 6.20 Å². The predicted molar refractivity (Wildman–Crippen MR) is 116 cm³/mol. The van der Waals surface area contributed by atoms with E-state index in [0.717, 1.165) is 23.6 Å². The summed E-state index contributed by atoms with van der Waals surface area (Å²) in [6.45, 7) is 0. The van der Waals surface area contributed by atoms with Crippen molar-refractivity contribution in [3.8, 4) is 5.75 Å². The van der Waals surface area contributed by atoms with Crippen molar-refractivity contribution in [2.45, 2.75) is 44.1 Å². The molecule has 4 saturated carbocycles. The van der Waals surface area contributed by atoms with Gasteiger partial charge in [-0.05, 0) is 80.5 Å². The van der Waals surface area contributed by atoms with E-state index < -0.39 is 10.8 Å². The molecule has 8 nitrogen and oxygen atoms in total. The zero-order valence-corrected chi connectivity index (χ0v) is 17.5. The van der Waals surface area contributed by atoms with Gasteiger partial charge in [0.1, 0.15) is 5.82 Å². The van der Waals surface area contributed by atoms with Crippen LogP contribution in [0.3, 0.4) is 0 Å². The van der Waals surface area contributed by atoms with E-state index in [0.29, 0.717) is 5.69 Å². The van der Waals surface area contributed by atoms with Crippen LogP contribution in [0.5, 0.6) is 5.75 Å². The van der Waals surface area contributed by atoms with Crippen LogP contribution in [0.1, 0.15) is 48.9 Å². The number of nitro groups is 1. The van der Waals surface area contributed by atoms with Crippen LogP contribution < -0.4 is 15.4 Å². The summed E-state index contributed by atoms with van der Waals surface area (Å²) >= 11 is 0. The fourth-order valence-electron chi connectivity index (χ4n) is 6.25. The summed E-state index contributed by atoms with van der Waals surface area (Å²) < 4.78 is 4.98. The van der Waals surface area contributed by atoms with Crippen molar-refractivity contribution in [1.82, 2.24) is 4.98 Å². The lowest BCUT2D eigenvalue weighted by atomic mass is 9.53. The fraction of sp³-hybridized carbons (Fsp3) is 0.478. The van der Waals surface area contributed by atoms with Gasteiger partial charge in [0.05, 0.1) is 23.9 Å². The summed E-state index contributed by atoms with van der Waals surface area (Å²) in [4.78, 5) is 27.7. The van der Waals surface area contributed by atoms with E-state index in [4.69, 9.17) is 4.74 Å². The average Bonchev–Trinajstić information content (AvgIpc) is 2.73. The lowest BCUT2D eigenvalue weighted by molar-refractivity contribution is -0.385. The van der Waals surface area contributed by atoms with Gasteiger partial charge < -0.3 is 15.4 Å². The second-order valence-corrected chi connectivity index (χ2v) is 9.35. The molecular formula is C23H26N4O4. The van der Waals surface area contributed by atoms with Crippen LogP contribution in [-0.4, -0.2) is 28.5 Å². The maximum Gasteiger partial charge on any atom is 0.311 e. The maximum absolute atomic E-state index is 12.6. The number of hydrogen-bond acceptors (Lipinski definition) is 6. The van der Waals surface area contributed by atoms with E-state index in [2.05, 4.69) is 15.6 Å². The van der Waals surface area contributed by atoms with Crippen LogP contribution in [0.2, 0.25) is 0 Å². The third-order valence-corrected chi connectivity index (χ3v) is 7.09. The summed E-state index contributed by atoms with van der Waals surface area (Å²) in [5, 5.41) is 17.7. The monoisotopic (exact) mass is 422 g/mol. The summed E-state index contributed by atoms with van der Waals surface area (Å²) in [5.74, 6) is 3.07. The molecule has 4 aliphatic carbocycles. The first-order valence-electron chi connectivity index (χ1n) is 10.8. The predicted octanol–water partition coefficient (Wildman–Crippen LogP) is 4.63. The van der Waals surface area contributed by atoms with Gasteiger partial charge in [0.2, 0.25) is 0 Å². The number of nitro benzene ring substituents is 1. The molecule has 31 heavy (non-hydrogen) atoms. The highest BCUT2D eigenvalue weighted by molar-refractivity contribution is 6.04. The lowest BCUT2D eigenvalue weighted by Gasteiger charge is -2.57. The molecule has 8 heteroatoms. The lowest BCUT2D eigenvalue weighted by Crippen LogP contribution is -2.54. The number of nitrogens with one attached hydrogen (secondary N) is 2. The van der Waals surface area contributed by atoms with Crippen LogP contribution in [0, 0.1) is 27.9 Å². The molecule has 0 unspecified atom stereocenters. The highest BCUT2D eigenvalue weighted by Gasteiger charge is 2.51. The quantitative estimate of drug-likeness (QED) is 0.519. The average molecular weight is 422 g/mol. The Kier molecular flexibility index (Phi) is 4.79. The van der Waals surface area contributed by atoms with Gasteiger partial charge in [-0.25, -0.2) is 4.98 Å². The van der Waals surface area contributed by atoms with E-state index >= 15 is 0 Å². The molecule has 4 aliphatic rings. The first-order valence-corrected chi connectivity index (χ1v) is 10.8. The van der Waals surface area contributed by atoms with Gasteiger partial charge >= 0.3 is 5.69 Å². The largest absolute Gasteiger partial charge is 0.490 e. The minimum atomic E-state index is -0.567. The van der Waals surface area contributed by atoms with E-state index in [1.165, 1.54) is 63.8 Å². The van der Waals surface area contributed by atoms with Gasteiger partial charge in [-0.15, -0.1) is 0 Å². The molecule has 2 aromatic rings. The fourth-order valence-corrected chi connectivity index (χ4v) is 6.25. The van der Waals surface area contributed by atoms with Crippen molar-refractivity contribution in [1.29, 1.82) is 0 Å². The van der Waals surface area contributed by atoms with Crippen molar-refractivity contribution in [3.63, 3.8) is 0 Å². The third kappa shape index (κ3) is 3.82. The van der Waals surface area contributed by atoms with Gasteiger partial charge in [0.15, 0.2) is 5.75 Å². The van der Waals surface area contributed by atoms with Gasteiger partial charge in [-0.2, -0.15) is 0 Å². The zero-order valence-electron chi connectivity index (χ0n) is 17.5. The summed E-state index contributed by atoms with van der Waals surface area (Å²) in [5.41, 5.74) is 0.653. The van der Waals surface area contributed by atoms with Gasteiger partial charge in [0.25, 0.3) is 5.91 Å². The Morgan fingerprint density at radius 2 is 1.81 bits per heavy atom. The first-order chi connectivity index (χ1) is 14.9. The minimum Gasteiger partial charge on any atom is -0.490 e. The highest BCUT2D eigenvalue weighted by atomic mass is 16.6. The molecule has 0 radical (unpaired) electrons. The molecule has 0 spiro atoms. The molecule has 1 amide bonds. The number of anilines is 2. The highest BCUT2D eigenvalue weighted by Crippen LogP contribution is 2.56. The van der Waals surface area contributed by atoms with Crippen LogP contribution in [-0.2, 0) is 0 Å². The Labute approximate surface area is 180 Å². The second kappa shape index (κ2) is 7.51. The van der Waals surface area contributed by atoms with Crippen molar-refractivity contribution >= 4 is 23.1 Å². The standard InChI is InChI=1S/C23H26N4O4/c1-31-20-4-2-17(9-19(20)27(29)30)22(28)25-18-3-5-21(24-13-18)26-23-10-14-6-15(11-23)8-16(7-14)12-23/h2-5,9,13-16H,6-8,10-12H2,1H3,(H,24,26)(H,25,28). The van der Waals surface area contributed by atoms with Crippen molar-refractivity contribution in [3.05, 3.63) is 52.2 Å². The minimum absolute atomic E-state index is 0.114. The van der Waals surface area contributed by atoms with Gasteiger partial charge in [-0.1, -0.05) is 0 Å². The van der Waals surface area contributed by atoms with Crippen LogP contribution in [0.25, 0.3) is 0 Å². The molecule has 6 rings (SSSR count). The van der Waals surface area contributed by atoms with Gasteiger partial charge in [0, 0.05) is 17.2 Å². The molecule has 2 N–H and O–H groups in total. The number of hydrogen-bond donors (Lipinski definition) is 2. The molecule has 162 valence electrons. The summed E-state index contributed by atoms with van der Waals surface area (Å²) in [6, 6.07) is 7.84. The molecule has 4 fully saturated rings. The second-order valence-electron chi connectivity index (χ2n) is 9.35. The number of benzene rings is 1. The Bertz CT molecular complexity index is 985. The normalized spacial score (nSPS) is 28.2. The number of rotatable bonds is 6. The SMILES string of the molecule is COc1ccc(C(=O)Nc2ccc(NC34CC5CC(CC(C5)C3)C4)nc2)cc1[N+](=O)[O-]. The van der Waals surface area contributed by atoms with Crippen LogP contribution >= 0.6 is 0 Å². The maximum atomic E-state index is 12.6. The number of aromatic nitrogens is 1. The molecule has 0 saturated heterocycles. The van der Waals surface area contributed by atoms with Gasteiger partial charge in [-0.3, -0.25) is 14.9 Å². The number of nitrogens with zero attached hydrogens (tertiary/aromatic N) is 2. The van der Waals surface area contributed by atoms with E-state index in [9.17, 15) is 14.9 Å². The number of carbonyl (C=O) groups is 1. The Hall–Kier alpha value is -3.16. The first kappa shape index (κ1) is 19.8. The third-order valence-electron chi connectivity index (χ3n) is 7.09. The number of pyridine rings is 1. The number of amides is 1. The molecule has 0 aliphatic heterocycles. The molecular weight excluding hydrogens is 396 g/mol. The molecule has 4 bridgehead atoms. The van der Waals surface area contributed by atoms with Crippen LogP contribution in [0.4, 0.5) is 17.2 Å². The molecule has 0 atom stereocenters. The molecule has 1 aromatic heterocycles. The van der Waals surface area contributed by atoms with Crippen molar-refractivity contribution in [2.75, 3.05) is 17.7 Å².